The normalized spacial score (nSPS) is 11.3. The summed E-state index contributed by atoms with van der Waals surface area (Å²) in [4.78, 5) is 2.47. The van der Waals surface area contributed by atoms with Gasteiger partial charge in [-0.3, -0.25) is 4.90 Å². The highest BCUT2D eigenvalue weighted by Gasteiger charge is 2.10. The molecule has 0 heterocycles. The molecule has 0 atom stereocenters. The minimum atomic E-state index is 0.529. The first-order valence-electron chi connectivity index (χ1n) is 7.88. The summed E-state index contributed by atoms with van der Waals surface area (Å²) in [5.74, 6) is 1.72. The molecule has 0 fully saturated rings. The molecule has 1 aromatic rings. The molecule has 0 saturated heterocycles. The maximum atomic E-state index is 5.89. The van der Waals surface area contributed by atoms with Crippen LogP contribution in [0.1, 0.15) is 39.2 Å². The molecule has 0 radical (unpaired) electrons. The predicted octanol–water partition coefficient (Wildman–Crippen LogP) is 3.28. The van der Waals surface area contributed by atoms with Crippen molar-refractivity contribution in [3.63, 3.8) is 0 Å². The van der Waals surface area contributed by atoms with E-state index in [1.807, 2.05) is 24.3 Å². The van der Waals surface area contributed by atoms with Gasteiger partial charge >= 0.3 is 0 Å². The SMILES string of the molecule is CCC(CC)CN(CC)CCOc1ccccc1CN. The van der Waals surface area contributed by atoms with Crippen molar-refractivity contribution in [1.82, 2.24) is 4.90 Å². The maximum Gasteiger partial charge on any atom is 0.123 e. The Balaban J connectivity index is 2.41. The highest BCUT2D eigenvalue weighted by Crippen LogP contribution is 2.17. The molecule has 0 bridgehead atoms. The number of hydrogen-bond acceptors (Lipinski definition) is 3. The first-order valence-corrected chi connectivity index (χ1v) is 7.88. The monoisotopic (exact) mass is 278 g/mol. The van der Waals surface area contributed by atoms with Crippen LogP contribution in [0.15, 0.2) is 24.3 Å². The Labute approximate surface area is 124 Å². The van der Waals surface area contributed by atoms with Crippen LogP contribution in [-0.4, -0.2) is 31.1 Å². The van der Waals surface area contributed by atoms with E-state index < -0.39 is 0 Å². The van der Waals surface area contributed by atoms with Crippen LogP contribution in [0.4, 0.5) is 0 Å². The van der Waals surface area contributed by atoms with Crippen molar-refractivity contribution in [3.8, 4) is 5.75 Å². The zero-order valence-corrected chi connectivity index (χ0v) is 13.3. The molecular formula is C17H30N2O. The highest BCUT2D eigenvalue weighted by molar-refractivity contribution is 5.32. The average Bonchev–Trinajstić information content (AvgIpc) is 2.51. The Kier molecular flexibility index (Phi) is 8.31. The van der Waals surface area contributed by atoms with Crippen LogP contribution in [-0.2, 0) is 6.54 Å². The zero-order chi connectivity index (χ0) is 14.8. The molecule has 1 aromatic carbocycles. The van der Waals surface area contributed by atoms with Gasteiger partial charge in [-0.1, -0.05) is 51.8 Å². The molecule has 2 N–H and O–H groups in total. The Bertz CT molecular complexity index is 364. The van der Waals surface area contributed by atoms with E-state index in [2.05, 4.69) is 25.7 Å². The van der Waals surface area contributed by atoms with E-state index >= 15 is 0 Å². The largest absolute Gasteiger partial charge is 0.492 e. The number of para-hydroxylation sites is 1. The van der Waals surface area contributed by atoms with Gasteiger partial charge in [-0.15, -0.1) is 0 Å². The molecule has 3 heteroatoms. The van der Waals surface area contributed by atoms with E-state index in [9.17, 15) is 0 Å². The van der Waals surface area contributed by atoms with Crippen molar-refractivity contribution in [3.05, 3.63) is 29.8 Å². The lowest BCUT2D eigenvalue weighted by Crippen LogP contribution is -2.33. The van der Waals surface area contributed by atoms with Crippen molar-refractivity contribution in [2.45, 2.75) is 40.2 Å². The summed E-state index contributed by atoms with van der Waals surface area (Å²) >= 11 is 0. The summed E-state index contributed by atoms with van der Waals surface area (Å²) in [5.41, 5.74) is 6.80. The number of likely N-dealkylation sites (N-methyl/N-ethyl adjacent to an activating group) is 1. The second-order valence-corrected chi connectivity index (χ2v) is 5.24. The maximum absolute atomic E-state index is 5.89. The average molecular weight is 278 g/mol. The molecule has 0 aliphatic rings. The van der Waals surface area contributed by atoms with Crippen molar-refractivity contribution in [1.29, 1.82) is 0 Å². The number of rotatable bonds is 10. The topological polar surface area (TPSA) is 38.5 Å². The smallest absolute Gasteiger partial charge is 0.123 e. The number of benzene rings is 1. The standard InChI is InChI=1S/C17H30N2O/c1-4-15(5-2)14-19(6-3)11-12-20-17-10-8-7-9-16(17)13-18/h7-10,15H,4-6,11-14,18H2,1-3H3. The third kappa shape index (κ3) is 5.51. The fourth-order valence-corrected chi connectivity index (χ4v) is 2.39. The minimum absolute atomic E-state index is 0.529. The molecule has 3 nitrogen and oxygen atoms in total. The van der Waals surface area contributed by atoms with E-state index in [1.165, 1.54) is 19.4 Å². The summed E-state index contributed by atoms with van der Waals surface area (Å²) in [6.07, 6.45) is 2.51. The van der Waals surface area contributed by atoms with E-state index in [4.69, 9.17) is 10.5 Å². The molecular weight excluding hydrogens is 248 g/mol. The van der Waals surface area contributed by atoms with Crippen LogP contribution in [0.2, 0.25) is 0 Å². The molecule has 1 rings (SSSR count). The third-order valence-corrected chi connectivity index (χ3v) is 3.98. The molecule has 0 aromatic heterocycles. The Morgan fingerprint density at radius 3 is 2.45 bits per heavy atom. The van der Waals surface area contributed by atoms with Gasteiger partial charge in [-0.05, 0) is 18.5 Å². The zero-order valence-electron chi connectivity index (χ0n) is 13.3. The van der Waals surface area contributed by atoms with Gasteiger partial charge in [-0.2, -0.15) is 0 Å². The van der Waals surface area contributed by atoms with E-state index in [-0.39, 0.29) is 0 Å². The minimum Gasteiger partial charge on any atom is -0.492 e. The number of nitrogens with zero attached hydrogens (tertiary/aromatic N) is 1. The van der Waals surface area contributed by atoms with Gasteiger partial charge in [0.15, 0.2) is 0 Å². The van der Waals surface area contributed by atoms with Crippen molar-refractivity contribution in [2.24, 2.45) is 11.7 Å². The number of nitrogens with two attached hydrogens (primary N) is 1. The Morgan fingerprint density at radius 1 is 1.15 bits per heavy atom. The van der Waals surface area contributed by atoms with E-state index in [0.29, 0.717) is 6.54 Å². The van der Waals surface area contributed by atoms with Crippen LogP contribution in [0.5, 0.6) is 5.75 Å². The second-order valence-electron chi connectivity index (χ2n) is 5.24. The summed E-state index contributed by atoms with van der Waals surface area (Å²) in [6.45, 7) is 11.3. The lowest BCUT2D eigenvalue weighted by molar-refractivity contribution is 0.187. The third-order valence-electron chi connectivity index (χ3n) is 3.98. The van der Waals surface area contributed by atoms with E-state index in [1.54, 1.807) is 0 Å². The van der Waals surface area contributed by atoms with Gasteiger partial charge in [0.1, 0.15) is 12.4 Å². The molecule has 0 aliphatic heterocycles. The van der Waals surface area contributed by atoms with Crippen LogP contribution in [0.3, 0.4) is 0 Å². The van der Waals surface area contributed by atoms with Crippen LogP contribution < -0.4 is 10.5 Å². The molecule has 114 valence electrons. The first-order chi connectivity index (χ1) is 9.74. The van der Waals surface area contributed by atoms with Crippen LogP contribution in [0.25, 0.3) is 0 Å². The Morgan fingerprint density at radius 2 is 1.85 bits per heavy atom. The van der Waals surface area contributed by atoms with Gasteiger partial charge in [-0.25, -0.2) is 0 Å². The summed E-state index contributed by atoms with van der Waals surface area (Å²) in [5, 5.41) is 0. The van der Waals surface area contributed by atoms with E-state index in [0.717, 1.165) is 36.9 Å². The Hall–Kier alpha value is -1.06. The van der Waals surface area contributed by atoms with Crippen LogP contribution >= 0.6 is 0 Å². The fraction of sp³-hybridized carbons (Fsp3) is 0.647. The van der Waals surface area contributed by atoms with Crippen LogP contribution in [0, 0.1) is 5.92 Å². The quantitative estimate of drug-likeness (QED) is 0.714. The van der Waals surface area contributed by atoms with Gasteiger partial charge in [0, 0.05) is 25.2 Å². The predicted molar refractivity (Wildman–Crippen MR) is 86.0 cm³/mol. The van der Waals surface area contributed by atoms with Crippen molar-refractivity contribution in [2.75, 3.05) is 26.2 Å². The molecule has 0 aliphatic carbocycles. The second kappa shape index (κ2) is 9.78. The molecule has 20 heavy (non-hydrogen) atoms. The molecule has 0 saturated carbocycles. The summed E-state index contributed by atoms with van der Waals surface area (Å²) < 4.78 is 5.89. The molecule has 0 amide bonds. The van der Waals surface area contributed by atoms with Gasteiger partial charge in [0.2, 0.25) is 0 Å². The number of hydrogen-bond donors (Lipinski definition) is 1. The summed E-state index contributed by atoms with van der Waals surface area (Å²) in [7, 11) is 0. The highest BCUT2D eigenvalue weighted by atomic mass is 16.5. The lowest BCUT2D eigenvalue weighted by atomic mass is 10.0. The summed E-state index contributed by atoms with van der Waals surface area (Å²) in [6, 6.07) is 8.02. The fourth-order valence-electron chi connectivity index (χ4n) is 2.39. The van der Waals surface area contributed by atoms with Gasteiger partial charge in [0.05, 0.1) is 0 Å². The number of ether oxygens (including phenoxy) is 1. The first kappa shape index (κ1) is 17.0. The van der Waals surface area contributed by atoms with Crippen molar-refractivity contribution < 1.29 is 4.74 Å². The van der Waals surface area contributed by atoms with Gasteiger partial charge in [0.25, 0.3) is 0 Å². The molecule has 0 unspecified atom stereocenters. The van der Waals surface area contributed by atoms with Crippen molar-refractivity contribution >= 4 is 0 Å². The van der Waals surface area contributed by atoms with Gasteiger partial charge < -0.3 is 10.5 Å². The lowest BCUT2D eigenvalue weighted by Gasteiger charge is -2.25. The molecule has 0 spiro atoms.